The first kappa shape index (κ1) is 13.5. The third-order valence-electron chi connectivity index (χ3n) is 2.90. The lowest BCUT2D eigenvalue weighted by molar-refractivity contribution is 0.249. The van der Waals surface area contributed by atoms with Crippen molar-refractivity contribution in [2.45, 2.75) is 45.4 Å². The summed E-state index contributed by atoms with van der Waals surface area (Å²) >= 11 is 2.28. The maximum absolute atomic E-state index is 11.3. The van der Waals surface area contributed by atoms with E-state index in [1.54, 1.807) is 10.8 Å². The zero-order valence-corrected chi connectivity index (χ0v) is 12.0. The van der Waals surface area contributed by atoms with Crippen LogP contribution in [0, 0.1) is 3.57 Å². The van der Waals surface area contributed by atoms with Gasteiger partial charge in [0.25, 0.3) is 0 Å². The van der Waals surface area contributed by atoms with E-state index in [1.165, 1.54) is 12.8 Å². The van der Waals surface area contributed by atoms with E-state index >= 15 is 0 Å². The summed E-state index contributed by atoms with van der Waals surface area (Å²) in [6.45, 7) is 4.35. The molecule has 1 atom stereocenters. The number of nitrogens with two attached hydrogens (primary N) is 1. The Morgan fingerprint density at radius 3 is 2.75 bits per heavy atom. The molecule has 1 aromatic rings. The van der Waals surface area contributed by atoms with Gasteiger partial charge in [0.1, 0.15) is 0 Å². The van der Waals surface area contributed by atoms with Gasteiger partial charge in [-0.05, 0) is 41.5 Å². The van der Waals surface area contributed by atoms with E-state index < -0.39 is 0 Å². The highest BCUT2D eigenvalue weighted by molar-refractivity contribution is 14.1. The van der Waals surface area contributed by atoms with E-state index in [1.807, 2.05) is 6.07 Å². The second-order valence-corrected chi connectivity index (χ2v) is 5.17. The molecule has 0 radical (unpaired) electrons. The van der Waals surface area contributed by atoms with Crippen molar-refractivity contribution in [3.8, 4) is 0 Å². The van der Waals surface area contributed by atoms with E-state index in [2.05, 4.69) is 36.4 Å². The maximum Gasteiger partial charge on any atom is 0.323 e. The van der Waals surface area contributed by atoms with Crippen molar-refractivity contribution < 1.29 is 4.79 Å². The van der Waals surface area contributed by atoms with E-state index in [0.29, 0.717) is 5.92 Å². The fraction of sp³-hybridized carbons (Fsp3) is 0.583. The molecule has 1 rings (SSSR count). The number of aromatic nitrogens is 1. The van der Waals surface area contributed by atoms with E-state index in [9.17, 15) is 4.79 Å². The molecule has 1 amide bonds. The van der Waals surface area contributed by atoms with Crippen LogP contribution in [-0.4, -0.2) is 10.6 Å². The van der Waals surface area contributed by atoms with Gasteiger partial charge in [0, 0.05) is 21.4 Å². The number of unbranched alkanes of at least 4 members (excludes halogenated alkanes) is 1. The summed E-state index contributed by atoms with van der Waals surface area (Å²) in [6, 6.07) is 1.57. The molecule has 0 saturated carbocycles. The number of carbonyl (C=O) groups excluding carboxylic acids is 1. The fourth-order valence-corrected chi connectivity index (χ4v) is 2.85. The van der Waals surface area contributed by atoms with E-state index in [0.717, 1.165) is 22.1 Å². The quantitative estimate of drug-likeness (QED) is 0.820. The van der Waals surface area contributed by atoms with Crippen molar-refractivity contribution in [2.24, 2.45) is 5.73 Å². The molecule has 3 nitrogen and oxygen atoms in total. The van der Waals surface area contributed by atoms with E-state index in [-0.39, 0.29) is 6.03 Å². The van der Waals surface area contributed by atoms with E-state index in [4.69, 9.17) is 5.73 Å². The van der Waals surface area contributed by atoms with Crippen molar-refractivity contribution in [1.29, 1.82) is 0 Å². The Morgan fingerprint density at radius 2 is 2.25 bits per heavy atom. The molecule has 0 aliphatic rings. The number of amides is 1. The Hall–Kier alpha value is -0.520. The van der Waals surface area contributed by atoms with Crippen molar-refractivity contribution in [2.75, 3.05) is 0 Å². The Bertz CT molecular complexity index is 360. The third kappa shape index (κ3) is 2.99. The predicted octanol–water partition coefficient (Wildman–Crippen LogP) is 3.70. The van der Waals surface area contributed by atoms with Gasteiger partial charge in [0.05, 0.1) is 0 Å². The molecule has 90 valence electrons. The van der Waals surface area contributed by atoms with Crippen LogP contribution in [0.4, 0.5) is 4.79 Å². The standard InChI is InChI=1S/C12H19IN2O/c1-3-5-6-9(4-2)11-10(13)7-8-15(11)12(14)16/h7-9H,3-6H2,1-2H3,(H2,14,16). The molecule has 0 spiro atoms. The van der Waals surface area contributed by atoms with Crippen LogP contribution in [0.5, 0.6) is 0 Å². The fourth-order valence-electron chi connectivity index (χ4n) is 1.99. The highest BCUT2D eigenvalue weighted by Gasteiger charge is 2.18. The molecule has 4 heteroatoms. The number of rotatable bonds is 5. The zero-order valence-electron chi connectivity index (χ0n) is 9.87. The zero-order chi connectivity index (χ0) is 12.1. The monoisotopic (exact) mass is 334 g/mol. The highest BCUT2D eigenvalue weighted by atomic mass is 127. The summed E-state index contributed by atoms with van der Waals surface area (Å²) in [6.07, 6.45) is 6.32. The first-order valence-corrected chi connectivity index (χ1v) is 6.86. The van der Waals surface area contributed by atoms with Crippen LogP contribution in [0.1, 0.15) is 51.1 Å². The molecule has 0 saturated heterocycles. The number of hydrogen-bond acceptors (Lipinski definition) is 1. The Labute approximate surface area is 111 Å². The molecule has 1 aromatic heterocycles. The van der Waals surface area contributed by atoms with Crippen LogP contribution in [0.25, 0.3) is 0 Å². The molecule has 0 aromatic carbocycles. The summed E-state index contributed by atoms with van der Waals surface area (Å²) in [5, 5.41) is 0. The average molecular weight is 334 g/mol. The van der Waals surface area contributed by atoms with Gasteiger partial charge < -0.3 is 5.73 Å². The highest BCUT2D eigenvalue weighted by Crippen LogP contribution is 2.29. The van der Waals surface area contributed by atoms with Gasteiger partial charge in [0.2, 0.25) is 0 Å². The molecule has 0 bridgehead atoms. The largest absolute Gasteiger partial charge is 0.351 e. The van der Waals surface area contributed by atoms with Gasteiger partial charge in [-0.1, -0.05) is 26.7 Å². The molecular weight excluding hydrogens is 315 g/mol. The Balaban J connectivity index is 2.98. The summed E-state index contributed by atoms with van der Waals surface area (Å²) < 4.78 is 2.73. The molecule has 0 aliphatic carbocycles. The first-order valence-electron chi connectivity index (χ1n) is 5.78. The van der Waals surface area contributed by atoms with Crippen molar-refractivity contribution in [1.82, 2.24) is 4.57 Å². The SMILES string of the molecule is CCCCC(CC)c1c(I)ccn1C(N)=O. The van der Waals surface area contributed by atoms with Crippen LogP contribution in [-0.2, 0) is 0 Å². The number of carbonyl (C=O) groups is 1. The smallest absolute Gasteiger partial charge is 0.323 e. The van der Waals surface area contributed by atoms with Gasteiger partial charge in [0.15, 0.2) is 0 Å². The van der Waals surface area contributed by atoms with Crippen molar-refractivity contribution >= 4 is 28.6 Å². The minimum Gasteiger partial charge on any atom is -0.351 e. The summed E-state index contributed by atoms with van der Waals surface area (Å²) in [4.78, 5) is 11.3. The van der Waals surface area contributed by atoms with Gasteiger partial charge in [-0.3, -0.25) is 4.57 Å². The van der Waals surface area contributed by atoms with Crippen LogP contribution in [0.3, 0.4) is 0 Å². The topological polar surface area (TPSA) is 48.0 Å². The van der Waals surface area contributed by atoms with Crippen LogP contribution in [0.2, 0.25) is 0 Å². The normalized spacial score (nSPS) is 12.7. The van der Waals surface area contributed by atoms with Crippen molar-refractivity contribution in [3.05, 3.63) is 21.5 Å². The molecule has 0 fully saturated rings. The predicted molar refractivity (Wildman–Crippen MR) is 74.7 cm³/mol. The lowest BCUT2D eigenvalue weighted by atomic mass is 9.96. The number of nitrogens with zero attached hydrogens (tertiary/aromatic N) is 1. The average Bonchev–Trinajstić information content (AvgIpc) is 2.62. The third-order valence-corrected chi connectivity index (χ3v) is 3.81. The lowest BCUT2D eigenvalue weighted by Crippen LogP contribution is -2.22. The molecule has 2 N–H and O–H groups in total. The van der Waals surface area contributed by atoms with Gasteiger partial charge in [-0.2, -0.15) is 0 Å². The van der Waals surface area contributed by atoms with Crippen LogP contribution >= 0.6 is 22.6 Å². The van der Waals surface area contributed by atoms with Gasteiger partial charge in [-0.15, -0.1) is 0 Å². The second kappa shape index (κ2) is 6.27. The molecular formula is C12H19IN2O. The summed E-state index contributed by atoms with van der Waals surface area (Å²) in [5.41, 5.74) is 6.46. The summed E-state index contributed by atoms with van der Waals surface area (Å²) in [7, 11) is 0. The maximum atomic E-state index is 11.3. The molecule has 0 aliphatic heterocycles. The van der Waals surface area contributed by atoms with Gasteiger partial charge in [-0.25, -0.2) is 4.79 Å². The molecule has 1 heterocycles. The minimum absolute atomic E-state index is 0.382. The number of primary amides is 1. The minimum atomic E-state index is -0.382. The molecule has 1 unspecified atom stereocenters. The second-order valence-electron chi connectivity index (χ2n) is 4.00. The summed E-state index contributed by atoms with van der Waals surface area (Å²) in [5.74, 6) is 0.439. The lowest BCUT2D eigenvalue weighted by Gasteiger charge is -2.17. The van der Waals surface area contributed by atoms with Crippen LogP contribution in [0.15, 0.2) is 12.3 Å². The Morgan fingerprint density at radius 1 is 1.56 bits per heavy atom. The molecule has 16 heavy (non-hydrogen) atoms. The number of halogens is 1. The van der Waals surface area contributed by atoms with Gasteiger partial charge >= 0.3 is 6.03 Å². The van der Waals surface area contributed by atoms with Crippen LogP contribution < -0.4 is 5.73 Å². The number of hydrogen-bond donors (Lipinski definition) is 1. The first-order chi connectivity index (χ1) is 7.61. The van der Waals surface area contributed by atoms with Crippen molar-refractivity contribution in [3.63, 3.8) is 0 Å². The Kier molecular flexibility index (Phi) is 5.31.